The van der Waals surface area contributed by atoms with E-state index < -0.39 is 0 Å². The van der Waals surface area contributed by atoms with E-state index in [9.17, 15) is 0 Å². The largest absolute Gasteiger partial charge is 0.329 e. The second kappa shape index (κ2) is 3.02. The number of aromatic nitrogens is 2. The van der Waals surface area contributed by atoms with Crippen LogP contribution in [0, 0.1) is 6.39 Å². The molecule has 9 heavy (non-hydrogen) atoms. The number of hydrogen-bond acceptors (Lipinski definition) is 3. The van der Waals surface area contributed by atoms with Gasteiger partial charge in [-0.05, 0) is 6.92 Å². The lowest BCUT2D eigenvalue weighted by atomic mass is 10.4. The average Bonchev–Trinajstić information content (AvgIpc) is 2.34. The van der Waals surface area contributed by atoms with E-state index in [1.807, 2.05) is 19.1 Å². The van der Waals surface area contributed by atoms with E-state index in [4.69, 9.17) is 0 Å². The van der Waals surface area contributed by atoms with Gasteiger partial charge in [0.05, 0.1) is 0 Å². The smallest absolute Gasteiger partial charge is 0.316 e. The van der Waals surface area contributed by atoms with Gasteiger partial charge in [0.1, 0.15) is 0 Å². The highest BCUT2D eigenvalue weighted by Crippen LogP contribution is 1.89. The van der Waals surface area contributed by atoms with E-state index in [2.05, 4.69) is 21.1 Å². The molecule has 0 saturated heterocycles. The molecule has 3 nitrogen and oxygen atoms in total. The molecule has 0 aliphatic heterocycles. The fourth-order valence-electron chi connectivity index (χ4n) is 0.473. The maximum atomic E-state index is 4.39. The monoisotopic (exact) mass is 123 g/mol. The van der Waals surface area contributed by atoms with Crippen LogP contribution in [-0.4, -0.2) is 10.1 Å². The van der Waals surface area contributed by atoms with Crippen LogP contribution in [0.1, 0.15) is 12.7 Å². The van der Waals surface area contributed by atoms with Crippen molar-refractivity contribution in [2.75, 3.05) is 0 Å². The number of allylic oxidation sites excluding steroid dienone is 2. The third-order valence-corrected chi connectivity index (χ3v) is 0.903. The molecular weight excluding hydrogens is 116 g/mol. The summed E-state index contributed by atoms with van der Waals surface area (Å²) in [5.74, 6) is 0.674. The molecule has 1 rings (SSSR count). The summed E-state index contributed by atoms with van der Waals surface area (Å²) in [5.41, 5.74) is 0. The van der Waals surface area contributed by atoms with Crippen LogP contribution in [0.15, 0.2) is 16.7 Å². The Balaban J connectivity index is 2.48. The van der Waals surface area contributed by atoms with Crippen molar-refractivity contribution in [2.24, 2.45) is 0 Å². The number of rotatable bonds is 2. The van der Waals surface area contributed by atoms with E-state index in [0.717, 1.165) is 6.42 Å². The van der Waals surface area contributed by atoms with Crippen LogP contribution in [0.2, 0.25) is 0 Å². The van der Waals surface area contributed by atoms with Gasteiger partial charge in [0.25, 0.3) is 0 Å². The Morgan fingerprint density at radius 3 is 3.22 bits per heavy atom. The van der Waals surface area contributed by atoms with Crippen LogP contribution in [0.3, 0.4) is 0 Å². The summed E-state index contributed by atoms with van der Waals surface area (Å²) in [6.07, 6.45) is 6.89. The first-order chi connectivity index (χ1) is 4.43. The van der Waals surface area contributed by atoms with Gasteiger partial charge >= 0.3 is 6.39 Å². The molecular formula is C6H7N2O. The van der Waals surface area contributed by atoms with Gasteiger partial charge in [-0.25, -0.2) is 0 Å². The quantitative estimate of drug-likeness (QED) is 0.550. The van der Waals surface area contributed by atoms with Crippen molar-refractivity contribution in [2.45, 2.75) is 13.3 Å². The zero-order valence-corrected chi connectivity index (χ0v) is 5.16. The maximum Gasteiger partial charge on any atom is 0.316 e. The molecule has 0 unspecified atom stereocenters. The molecule has 0 fully saturated rings. The summed E-state index contributed by atoms with van der Waals surface area (Å²) in [5, 5.41) is 3.56. The molecule has 0 N–H and O–H groups in total. The Morgan fingerprint density at radius 1 is 1.78 bits per heavy atom. The summed E-state index contributed by atoms with van der Waals surface area (Å²) in [6.45, 7) is 1.95. The van der Waals surface area contributed by atoms with Crippen LogP contribution >= 0.6 is 0 Å². The zero-order chi connectivity index (χ0) is 6.53. The lowest BCUT2D eigenvalue weighted by molar-refractivity contribution is 0.404. The lowest BCUT2D eigenvalue weighted by Crippen LogP contribution is -1.81. The molecule has 1 heterocycles. The summed E-state index contributed by atoms with van der Waals surface area (Å²) in [7, 11) is 0. The minimum absolute atomic E-state index is 0.674. The van der Waals surface area contributed by atoms with Crippen LogP contribution < -0.4 is 0 Å². The Hall–Kier alpha value is -1.12. The minimum atomic E-state index is 0.674. The zero-order valence-electron chi connectivity index (χ0n) is 5.16. The molecule has 0 saturated carbocycles. The molecule has 0 spiro atoms. The van der Waals surface area contributed by atoms with Crippen molar-refractivity contribution in [1.29, 1.82) is 0 Å². The Bertz CT molecular complexity index is 179. The molecule has 0 aliphatic rings. The van der Waals surface area contributed by atoms with Crippen molar-refractivity contribution < 1.29 is 4.52 Å². The molecule has 1 aromatic rings. The maximum absolute atomic E-state index is 4.39. The molecule has 1 radical (unpaired) electrons. The standard InChI is InChI=1S/C6H7N2O/c1-2-3-4-6-7-5-9-8-6/h2-3H,4H2,1H3. The Morgan fingerprint density at radius 2 is 2.67 bits per heavy atom. The Kier molecular flexibility index (Phi) is 2.01. The predicted octanol–water partition coefficient (Wildman–Crippen LogP) is 0.988. The van der Waals surface area contributed by atoms with Gasteiger partial charge in [-0.1, -0.05) is 17.3 Å². The van der Waals surface area contributed by atoms with E-state index in [1.54, 1.807) is 0 Å². The molecule has 0 bridgehead atoms. The lowest BCUT2D eigenvalue weighted by Gasteiger charge is -1.78. The van der Waals surface area contributed by atoms with Crippen molar-refractivity contribution in [1.82, 2.24) is 10.1 Å². The SMILES string of the molecule is CC=CCc1n[c]on1. The molecule has 1 aromatic heterocycles. The highest BCUT2D eigenvalue weighted by Gasteiger charge is 1.91. The van der Waals surface area contributed by atoms with Crippen LogP contribution in [0.25, 0.3) is 0 Å². The van der Waals surface area contributed by atoms with Gasteiger partial charge in [0.2, 0.25) is 0 Å². The molecule has 0 atom stereocenters. The number of nitrogens with zero attached hydrogens (tertiary/aromatic N) is 2. The molecule has 3 heteroatoms. The van der Waals surface area contributed by atoms with Crippen molar-refractivity contribution in [3.8, 4) is 0 Å². The van der Waals surface area contributed by atoms with Gasteiger partial charge in [-0.15, -0.1) is 0 Å². The normalized spacial score (nSPS) is 10.8. The fraction of sp³-hybridized carbons (Fsp3) is 0.333. The van der Waals surface area contributed by atoms with Gasteiger partial charge < -0.3 is 4.52 Å². The second-order valence-electron chi connectivity index (χ2n) is 1.58. The van der Waals surface area contributed by atoms with Gasteiger partial charge in [-0.2, -0.15) is 4.98 Å². The highest BCUT2D eigenvalue weighted by molar-refractivity contribution is 4.90. The fourth-order valence-corrected chi connectivity index (χ4v) is 0.473. The molecule has 0 aliphatic carbocycles. The average molecular weight is 123 g/mol. The summed E-state index contributed by atoms with van der Waals surface area (Å²) in [6, 6.07) is 0. The van der Waals surface area contributed by atoms with Crippen LogP contribution in [-0.2, 0) is 6.42 Å². The number of hydrogen-bond donors (Lipinski definition) is 0. The van der Waals surface area contributed by atoms with Crippen LogP contribution in [0.5, 0.6) is 0 Å². The Labute approximate surface area is 53.4 Å². The van der Waals surface area contributed by atoms with Gasteiger partial charge in [0.15, 0.2) is 5.82 Å². The van der Waals surface area contributed by atoms with Crippen molar-refractivity contribution in [3.05, 3.63) is 24.4 Å². The van der Waals surface area contributed by atoms with E-state index >= 15 is 0 Å². The van der Waals surface area contributed by atoms with E-state index in [1.165, 1.54) is 0 Å². The molecule has 0 amide bonds. The highest BCUT2D eigenvalue weighted by atomic mass is 16.5. The summed E-state index contributed by atoms with van der Waals surface area (Å²) < 4.78 is 4.39. The third-order valence-electron chi connectivity index (χ3n) is 0.903. The first-order valence-corrected chi connectivity index (χ1v) is 2.73. The molecule has 0 aromatic carbocycles. The van der Waals surface area contributed by atoms with Gasteiger partial charge in [0, 0.05) is 6.42 Å². The topological polar surface area (TPSA) is 38.9 Å². The van der Waals surface area contributed by atoms with E-state index in [-0.39, 0.29) is 0 Å². The minimum Gasteiger partial charge on any atom is -0.329 e. The first kappa shape index (κ1) is 6.01. The summed E-state index contributed by atoms with van der Waals surface area (Å²) in [4.78, 5) is 3.70. The summed E-state index contributed by atoms with van der Waals surface area (Å²) >= 11 is 0. The van der Waals surface area contributed by atoms with Gasteiger partial charge in [-0.3, -0.25) is 0 Å². The second-order valence-corrected chi connectivity index (χ2v) is 1.58. The van der Waals surface area contributed by atoms with Crippen LogP contribution in [0.4, 0.5) is 0 Å². The predicted molar refractivity (Wildman–Crippen MR) is 31.7 cm³/mol. The first-order valence-electron chi connectivity index (χ1n) is 2.73. The van der Waals surface area contributed by atoms with Crippen molar-refractivity contribution >= 4 is 0 Å². The molecule has 47 valence electrons. The van der Waals surface area contributed by atoms with Crippen molar-refractivity contribution in [3.63, 3.8) is 0 Å². The third kappa shape index (κ3) is 1.68. The van der Waals surface area contributed by atoms with E-state index in [0.29, 0.717) is 5.82 Å².